The smallest absolute Gasteiger partial charge is 0.317 e. The van der Waals surface area contributed by atoms with E-state index in [1.807, 2.05) is 17.2 Å². The molecule has 22 heavy (non-hydrogen) atoms. The molecule has 0 saturated carbocycles. The maximum atomic E-state index is 12.7. The molecule has 0 aliphatic carbocycles. The first-order valence-corrected chi connectivity index (χ1v) is 8.77. The highest BCUT2D eigenvalue weighted by Gasteiger charge is 2.31. The second-order valence-corrected chi connectivity index (χ2v) is 6.82. The molecule has 2 aliphatic heterocycles. The molecule has 3 heterocycles. The van der Waals surface area contributed by atoms with Crippen LogP contribution in [0.25, 0.3) is 0 Å². The summed E-state index contributed by atoms with van der Waals surface area (Å²) in [4.78, 5) is 32.6. The zero-order valence-electron chi connectivity index (χ0n) is 12.9. The van der Waals surface area contributed by atoms with Crippen LogP contribution in [0.2, 0.25) is 0 Å². The van der Waals surface area contributed by atoms with Gasteiger partial charge in [-0.25, -0.2) is 9.78 Å². The Morgan fingerprint density at radius 1 is 1.41 bits per heavy atom. The molecular weight excluding hydrogens is 300 g/mol. The Bertz CT molecular complexity index is 559. The second kappa shape index (κ2) is 6.64. The van der Waals surface area contributed by atoms with E-state index < -0.39 is 0 Å². The first-order chi connectivity index (χ1) is 10.6. The molecule has 1 aromatic heterocycles. The van der Waals surface area contributed by atoms with Crippen molar-refractivity contribution >= 4 is 23.3 Å². The summed E-state index contributed by atoms with van der Waals surface area (Å²) in [6.07, 6.45) is 4.01. The van der Waals surface area contributed by atoms with E-state index >= 15 is 0 Å². The van der Waals surface area contributed by atoms with Crippen LogP contribution in [0.15, 0.2) is 5.38 Å². The summed E-state index contributed by atoms with van der Waals surface area (Å²) < 4.78 is 0. The van der Waals surface area contributed by atoms with Gasteiger partial charge >= 0.3 is 6.03 Å². The van der Waals surface area contributed by atoms with Gasteiger partial charge in [0.2, 0.25) is 5.91 Å². The molecule has 0 unspecified atom stereocenters. The number of amides is 3. The van der Waals surface area contributed by atoms with E-state index in [0.29, 0.717) is 13.1 Å². The van der Waals surface area contributed by atoms with Gasteiger partial charge in [0.1, 0.15) is 11.6 Å². The molecule has 0 bridgehead atoms. The monoisotopic (exact) mass is 322 g/mol. The van der Waals surface area contributed by atoms with Crippen molar-refractivity contribution < 1.29 is 9.59 Å². The maximum absolute atomic E-state index is 12.7. The SMILES string of the molecule is Cc1csc([C@H]2CCCCN2C(=O)CN2CCCNC2=O)n1. The molecule has 7 heteroatoms. The van der Waals surface area contributed by atoms with Gasteiger partial charge in [-0.2, -0.15) is 0 Å². The Balaban J connectivity index is 1.70. The third kappa shape index (κ3) is 3.24. The fraction of sp³-hybridized carbons (Fsp3) is 0.667. The van der Waals surface area contributed by atoms with Crippen LogP contribution in [0.3, 0.4) is 0 Å². The number of thiazole rings is 1. The van der Waals surface area contributed by atoms with Crippen LogP contribution in [-0.4, -0.2) is 52.9 Å². The van der Waals surface area contributed by atoms with Crippen LogP contribution in [0.1, 0.15) is 42.4 Å². The number of piperidine rings is 1. The highest BCUT2D eigenvalue weighted by molar-refractivity contribution is 7.09. The summed E-state index contributed by atoms with van der Waals surface area (Å²) in [5.74, 6) is 0.0367. The second-order valence-electron chi connectivity index (χ2n) is 5.93. The van der Waals surface area contributed by atoms with E-state index in [1.54, 1.807) is 16.2 Å². The van der Waals surface area contributed by atoms with Crippen molar-refractivity contribution in [3.05, 3.63) is 16.1 Å². The molecule has 0 radical (unpaired) electrons. The lowest BCUT2D eigenvalue weighted by molar-refractivity contribution is -0.135. The first-order valence-electron chi connectivity index (χ1n) is 7.89. The molecule has 3 amide bonds. The first kappa shape index (κ1) is 15.3. The Labute approximate surface area is 134 Å². The highest BCUT2D eigenvalue weighted by atomic mass is 32.1. The van der Waals surface area contributed by atoms with Gasteiger partial charge in [-0.05, 0) is 32.6 Å². The third-order valence-electron chi connectivity index (χ3n) is 4.24. The number of likely N-dealkylation sites (tertiary alicyclic amines) is 1. The van der Waals surface area contributed by atoms with Crippen LogP contribution in [-0.2, 0) is 4.79 Å². The molecule has 2 aliphatic rings. The maximum Gasteiger partial charge on any atom is 0.317 e. The predicted molar refractivity (Wildman–Crippen MR) is 84.7 cm³/mol. The Morgan fingerprint density at radius 3 is 3.00 bits per heavy atom. The molecule has 1 N–H and O–H groups in total. The summed E-state index contributed by atoms with van der Waals surface area (Å²) in [5, 5.41) is 5.85. The lowest BCUT2D eigenvalue weighted by atomic mass is 10.0. The molecule has 120 valence electrons. The summed E-state index contributed by atoms with van der Waals surface area (Å²) in [5.41, 5.74) is 1.01. The van der Waals surface area contributed by atoms with Crippen LogP contribution in [0.4, 0.5) is 4.79 Å². The standard InChI is InChI=1S/C15H22N4O2S/c1-11-10-22-14(17-11)12-5-2-3-8-19(12)13(20)9-18-7-4-6-16-15(18)21/h10,12H,2-9H2,1H3,(H,16,21)/t12-/m1/s1. The number of rotatable bonds is 3. The minimum atomic E-state index is -0.127. The van der Waals surface area contributed by atoms with E-state index in [4.69, 9.17) is 0 Å². The van der Waals surface area contributed by atoms with Gasteiger partial charge in [0, 0.05) is 30.7 Å². The van der Waals surface area contributed by atoms with Gasteiger partial charge < -0.3 is 15.1 Å². The zero-order chi connectivity index (χ0) is 15.5. The molecule has 1 aromatic rings. The Morgan fingerprint density at radius 2 is 2.27 bits per heavy atom. The van der Waals surface area contributed by atoms with E-state index in [2.05, 4.69) is 10.3 Å². The topological polar surface area (TPSA) is 65.5 Å². The Kier molecular flexibility index (Phi) is 4.61. The summed E-state index contributed by atoms with van der Waals surface area (Å²) >= 11 is 1.63. The lowest BCUT2D eigenvalue weighted by Crippen LogP contribution is -2.51. The number of aromatic nitrogens is 1. The predicted octanol–water partition coefficient (Wildman–Crippen LogP) is 1.92. The highest BCUT2D eigenvalue weighted by Crippen LogP contribution is 2.32. The number of carbonyl (C=O) groups excluding carboxylic acids is 2. The van der Waals surface area contributed by atoms with Crippen molar-refractivity contribution in [2.75, 3.05) is 26.2 Å². The third-order valence-corrected chi connectivity index (χ3v) is 5.30. The fourth-order valence-corrected chi connectivity index (χ4v) is 4.04. The number of hydrogen-bond donors (Lipinski definition) is 1. The van der Waals surface area contributed by atoms with Crippen LogP contribution in [0, 0.1) is 6.92 Å². The summed E-state index contributed by atoms with van der Waals surface area (Å²) in [6, 6.07) is -0.0499. The van der Waals surface area contributed by atoms with Crippen molar-refractivity contribution in [1.29, 1.82) is 0 Å². The molecule has 0 spiro atoms. The van der Waals surface area contributed by atoms with Gasteiger partial charge in [0.25, 0.3) is 0 Å². The zero-order valence-corrected chi connectivity index (χ0v) is 13.7. The number of carbonyl (C=O) groups is 2. The van der Waals surface area contributed by atoms with E-state index in [1.165, 1.54) is 0 Å². The molecular formula is C15H22N4O2S. The van der Waals surface area contributed by atoms with Gasteiger partial charge in [0.15, 0.2) is 0 Å². The molecule has 6 nitrogen and oxygen atoms in total. The van der Waals surface area contributed by atoms with Crippen molar-refractivity contribution in [2.45, 2.75) is 38.6 Å². The van der Waals surface area contributed by atoms with Gasteiger partial charge in [-0.1, -0.05) is 0 Å². The number of nitrogens with zero attached hydrogens (tertiary/aromatic N) is 3. The molecule has 2 saturated heterocycles. The fourth-order valence-electron chi connectivity index (χ4n) is 3.10. The quantitative estimate of drug-likeness (QED) is 0.924. The number of urea groups is 1. The molecule has 1 atom stereocenters. The van der Waals surface area contributed by atoms with E-state index in [-0.39, 0.29) is 24.5 Å². The van der Waals surface area contributed by atoms with Crippen LogP contribution in [0.5, 0.6) is 0 Å². The van der Waals surface area contributed by atoms with Crippen LogP contribution < -0.4 is 5.32 Å². The van der Waals surface area contributed by atoms with E-state index in [0.717, 1.165) is 42.9 Å². The average Bonchev–Trinajstić information content (AvgIpc) is 2.96. The largest absolute Gasteiger partial charge is 0.338 e. The molecule has 3 rings (SSSR count). The van der Waals surface area contributed by atoms with Crippen molar-refractivity contribution in [3.8, 4) is 0 Å². The van der Waals surface area contributed by atoms with Gasteiger partial charge in [-0.15, -0.1) is 11.3 Å². The molecule has 2 fully saturated rings. The lowest BCUT2D eigenvalue weighted by Gasteiger charge is -2.36. The average molecular weight is 322 g/mol. The number of nitrogens with one attached hydrogen (secondary N) is 1. The van der Waals surface area contributed by atoms with Crippen molar-refractivity contribution in [3.63, 3.8) is 0 Å². The number of hydrogen-bond acceptors (Lipinski definition) is 4. The minimum Gasteiger partial charge on any atom is -0.338 e. The summed E-state index contributed by atoms with van der Waals surface area (Å²) in [6.45, 7) is 4.28. The van der Waals surface area contributed by atoms with Crippen molar-refractivity contribution in [1.82, 2.24) is 20.1 Å². The van der Waals surface area contributed by atoms with E-state index in [9.17, 15) is 9.59 Å². The Hall–Kier alpha value is -1.63. The minimum absolute atomic E-state index is 0.0367. The number of aryl methyl sites for hydroxylation is 1. The van der Waals surface area contributed by atoms with Gasteiger partial charge in [-0.3, -0.25) is 4.79 Å². The molecule has 0 aromatic carbocycles. The van der Waals surface area contributed by atoms with Crippen LogP contribution >= 0.6 is 11.3 Å². The van der Waals surface area contributed by atoms with Gasteiger partial charge in [0.05, 0.1) is 6.04 Å². The normalized spacial score (nSPS) is 22.6. The van der Waals surface area contributed by atoms with Crippen molar-refractivity contribution in [2.24, 2.45) is 0 Å². The summed E-state index contributed by atoms with van der Waals surface area (Å²) in [7, 11) is 0.